The van der Waals surface area contributed by atoms with Gasteiger partial charge in [-0.3, -0.25) is 0 Å². The summed E-state index contributed by atoms with van der Waals surface area (Å²) in [5.41, 5.74) is 2.02. The van der Waals surface area contributed by atoms with Crippen LogP contribution in [0.2, 0.25) is 0 Å². The highest BCUT2D eigenvalue weighted by Gasteiger charge is 2.28. The van der Waals surface area contributed by atoms with Gasteiger partial charge in [0, 0.05) is 22.5 Å². The van der Waals surface area contributed by atoms with Crippen molar-refractivity contribution in [3.63, 3.8) is 0 Å². The second-order valence-electron chi connectivity index (χ2n) is 4.92. The van der Waals surface area contributed by atoms with Crippen molar-refractivity contribution in [3.8, 4) is 5.75 Å². The quantitative estimate of drug-likeness (QED) is 0.879. The highest BCUT2D eigenvalue weighted by molar-refractivity contribution is 9.10. The van der Waals surface area contributed by atoms with E-state index >= 15 is 0 Å². The summed E-state index contributed by atoms with van der Waals surface area (Å²) in [4.78, 5) is 0. The molecule has 0 bridgehead atoms. The van der Waals surface area contributed by atoms with Crippen LogP contribution in [0.4, 0.5) is 4.39 Å². The third-order valence-corrected chi connectivity index (χ3v) is 4.19. The molecule has 1 heterocycles. The van der Waals surface area contributed by atoms with Crippen LogP contribution in [0.25, 0.3) is 0 Å². The van der Waals surface area contributed by atoms with Gasteiger partial charge in [-0.25, -0.2) is 4.39 Å². The van der Waals surface area contributed by atoms with E-state index in [-0.39, 0.29) is 18.0 Å². The fourth-order valence-electron chi connectivity index (χ4n) is 2.60. The number of hydrogen-bond donors (Lipinski definition) is 1. The lowest BCUT2D eigenvalue weighted by molar-refractivity contribution is 0.153. The van der Waals surface area contributed by atoms with Crippen LogP contribution in [0.15, 0.2) is 46.9 Å². The van der Waals surface area contributed by atoms with E-state index in [9.17, 15) is 4.39 Å². The maximum absolute atomic E-state index is 13.4. The Morgan fingerprint density at radius 3 is 2.65 bits per heavy atom. The molecule has 2 atom stereocenters. The molecule has 20 heavy (non-hydrogen) atoms. The maximum atomic E-state index is 13.4. The molecule has 1 aliphatic rings. The van der Waals surface area contributed by atoms with Gasteiger partial charge in [-0.1, -0.05) is 28.1 Å². The Kier molecular flexibility index (Phi) is 3.76. The smallest absolute Gasteiger partial charge is 0.126 e. The second kappa shape index (κ2) is 5.54. The van der Waals surface area contributed by atoms with Gasteiger partial charge in [-0.15, -0.1) is 0 Å². The van der Waals surface area contributed by atoms with E-state index in [4.69, 9.17) is 4.74 Å². The van der Waals surface area contributed by atoms with Gasteiger partial charge in [-0.2, -0.15) is 0 Å². The predicted octanol–water partition coefficient (Wildman–Crippen LogP) is 4.37. The van der Waals surface area contributed by atoms with Crippen LogP contribution in [0.3, 0.4) is 0 Å². The highest BCUT2D eigenvalue weighted by Crippen LogP contribution is 2.40. The van der Waals surface area contributed by atoms with Gasteiger partial charge >= 0.3 is 0 Å². The Balaban J connectivity index is 1.94. The van der Waals surface area contributed by atoms with Gasteiger partial charge in [0.25, 0.3) is 0 Å². The molecule has 0 fully saturated rings. The molecule has 0 aromatic heterocycles. The number of hydrogen-bond acceptors (Lipinski definition) is 2. The van der Waals surface area contributed by atoms with E-state index in [1.165, 1.54) is 6.07 Å². The molecule has 2 nitrogen and oxygen atoms in total. The minimum atomic E-state index is -0.227. The van der Waals surface area contributed by atoms with E-state index < -0.39 is 0 Å². The Morgan fingerprint density at radius 1 is 1.20 bits per heavy atom. The molecule has 0 spiro atoms. The fourth-order valence-corrected chi connectivity index (χ4v) is 2.86. The Morgan fingerprint density at radius 2 is 1.95 bits per heavy atom. The van der Waals surface area contributed by atoms with E-state index in [2.05, 4.69) is 33.4 Å². The molecule has 3 rings (SSSR count). The molecule has 0 radical (unpaired) electrons. The van der Waals surface area contributed by atoms with Crippen molar-refractivity contribution in [2.24, 2.45) is 0 Å². The van der Waals surface area contributed by atoms with Crippen LogP contribution in [0, 0.1) is 5.82 Å². The minimum absolute atomic E-state index is 0.0153. The first kappa shape index (κ1) is 13.6. The Hall–Kier alpha value is -1.39. The van der Waals surface area contributed by atoms with Crippen molar-refractivity contribution in [2.45, 2.75) is 18.6 Å². The number of ether oxygens (including phenoxy) is 1. The maximum Gasteiger partial charge on any atom is 0.126 e. The zero-order valence-corrected chi connectivity index (χ0v) is 12.7. The van der Waals surface area contributed by atoms with Crippen molar-refractivity contribution < 1.29 is 9.13 Å². The summed E-state index contributed by atoms with van der Waals surface area (Å²) < 4.78 is 20.4. The number of rotatable bonds is 2. The molecule has 0 aliphatic carbocycles. The van der Waals surface area contributed by atoms with E-state index in [1.54, 1.807) is 12.1 Å². The van der Waals surface area contributed by atoms with Crippen molar-refractivity contribution in [1.29, 1.82) is 0 Å². The highest BCUT2D eigenvalue weighted by atomic mass is 79.9. The number of halogens is 2. The standard InChI is InChI=1S/C16H15BrFNO/c1-19-14-9-16(10-2-4-11(17)5-3-10)20-15-7-6-12(18)8-13(14)15/h2-8,14,16,19H,9H2,1H3. The summed E-state index contributed by atoms with van der Waals surface area (Å²) in [5.74, 6) is 0.527. The molecular formula is C16H15BrFNO. The molecule has 2 unspecified atom stereocenters. The van der Waals surface area contributed by atoms with Crippen LogP contribution in [-0.4, -0.2) is 7.05 Å². The Bertz CT molecular complexity index is 614. The third-order valence-electron chi connectivity index (χ3n) is 3.66. The van der Waals surface area contributed by atoms with Gasteiger partial charge in [0.15, 0.2) is 0 Å². The van der Waals surface area contributed by atoms with Crippen molar-refractivity contribution >= 4 is 15.9 Å². The molecule has 0 saturated carbocycles. The van der Waals surface area contributed by atoms with Crippen LogP contribution in [0.1, 0.15) is 29.7 Å². The predicted molar refractivity (Wildman–Crippen MR) is 80.3 cm³/mol. The van der Waals surface area contributed by atoms with E-state index in [1.807, 2.05) is 19.2 Å². The zero-order chi connectivity index (χ0) is 14.1. The lowest BCUT2D eigenvalue weighted by atomic mass is 9.93. The fraction of sp³-hybridized carbons (Fsp3) is 0.250. The minimum Gasteiger partial charge on any atom is -0.485 e. The lowest BCUT2D eigenvalue weighted by Gasteiger charge is -2.32. The molecule has 2 aromatic rings. The van der Waals surface area contributed by atoms with Gasteiger partial charge in [0.1, 0.15) is 17.7 Å². The number of benzene rings is 2. The first-order valence-electron chi connectivity index (χ1n) is 6.56. The second-order valence-corrected chi connectivity index (χ2v) is 5.83. The van der Waals surface area contributed by atoms with Gasteiger partial charge in [0.2, 0.25) is 0 Å². The molecule has 2 aromatic carbocycles. The molecular weight excluding hydrogens is 321 g/mol. The monoisotopic (exact) mass is 335 g/mol. The summed E-state index contributed by atoms with van der Waals surface area (Å²) in [6.07, 6.45) is 0.771. The van der Waals surface area contributed by atoms with E-state index in [0.29, 0.717) is 0 Å². The molecule has 0 saturated heterocycles. The van der Waals surface area contributed by atoms with Crippen molar-refractivity contribution in [3.05, 3.63) is 63.9 Å². The first-order valence-corrected chi connectivity index (χ1v) is 7.35. The first-order chi connectivity index (χ1) is 9.67. The zero-order valence-electron chi connectivity index (χ0n) is 11.1. The van der Waals surface area contributed by atoms with Gasteiger partial charge in [-0.05, 0) is 42.9 Å². The largest absolute Gasteiger partial charge is 0.485 e. The molecule has 4 heteroatoms. The van der Waals surface area contributed by atoms with Crippen LogP contribution in [-0.2, 0) is 0 Å². The van der Waals surface area contributed by atoms with Crippen molar-refractivity contribution in [2.75, 3.05) is 7.05 Å². The van der Waals surface area contributed by atoms with Gasteiger partial charge < -0.3 is 10.1 Å². The summed E-state index contributed by atoms with van der Waals surface area (Å²) >= 11 is 3.43. The summed E-state index contributed by atoms with van der Waals surface area (Å²) in [7, 11) is 1.89. The molecule has 104 valence electrons. The summed E-state index contributed by atoms with van der Waals surface area (Å²) in [5, 5.41) is 3.24. The third kappa shape index (κ3) is 2.58. The van der Waals surface area contributed by atoms with Crippen LogP contribution >= 0.6 is 15.9 Å². The average Bonchev–Trinajstić information content (AvgIpc) is 2.47. The SMILES string of the molecule is CNC1CC(c2ccc(Br)cc2)Oc2ccc(F)cc21. The van der Waals surface area contributed by atoms with Gasteiger partial charge in [0.05, 0.1) is 0 Å². The van der Waals surface area contributed by atoms with Crippen molar-refractivity contribution in [1.82, 2.24) is 5.32 Å². The molecule has 0 amide bonds. The molecule has 1 aliphatic heterocycles. The lowest BCUT2D eigenvalue weighted by Crippen LogP contribution is -2.26. The average molecular weight is 336 g/mol. The number of fused-ring (bicyclic) bond motifs is 1. The summed E-state index contributed by atoms with van der Waals surface area (Å²) in [6, 6.07) is 12.9. The molecule has 1 N–H and O–H groups in total. The van der Waals surface area contributed by atoms with Crippen LogP contribution in [0.5, 0.6) is 5.75 Å². The van der Waals surface area contributed by atoms with Crippen LogP contribution < -0.4 is 10.1 Å². The van der Waals surface area contributed by atoms with E-state index in [0.717, 1.165) is 27.8 Å². The summed E-state index contributed by atoms with van der Waals surface area (Å²) in [6.45, 7) is 0. The Labute approximate surface area is 126 Å². The topological polar surface area (TPSA) is 21.3 Å². The normalized spacial score (nSPS) is 21.1. The number of nitrogens with one attached hydrogen (secondary N) is 1.